The minimum Gasteiger partial charge on any atom is -0.466 e. The average molecular weight is 360 g/mol. The molecule has 1 rings (SSSR count). The average Bonchev–Trinajstić information content (AvgIpc) is 2.60. The Morgan fingerprint density at radius 2 is 1.85 bits per heavy atom. The van der Waals surface area contributed by atoms with Gasteiger partial charge in [0.2, 0.25) is 11.8 Å². The number of carbonyl (C=O) groups is 3. The predicted molar refractivity (Wildman–Crippen MR) is 98.7 cm³/mol. The summed E-state index contributed by atoms with van der Waals surface area (Å²) in [7, 11) is 0. The van der Waals surface area contributed by atoms with Gasteiger partial charge in [0.25, 0.3) is 0 Å². The lowest BCUT2D eigenvalue weighted by Crippen LogP contribution is -2.35. The van der Waals surface area contributed by atoms with Crippen molar-refractivity contribution in [1.82, 2.24) is 5.32 Å². The Labute approximate surface area is 152 Å². The molecule has 1 aromatic carbocycles. The van der Waals surface area contributed by atoms with Crippen molar-refractivity contribution in [2.45, 2.75) is 32.2 Å². The van der Waals surface area contributed by atoms with Gasteiger partial charge in [-0.15, -0.1) is 6.58 Å². The number of hydrogen-bond acceptors (Lipinski definition) is 5. The Morgan fingerprint density at radius 1 is 1.23 bits per heavy atom. The van der Waals surface area contributed by atoms with E-state index in [2.05, 4.69) is 17.2 Å². The molecule has 0 aliphatic carbocycles. The van der Waals surface area contributed by atoms with Crippen LogP contribution < -0.4 is 16.4 Å². The third-order valence-electron chi connectivity index (χ3n) is 3.38. The van der Waals surface area contributed by atoms with Gasteiger partial charge < -0.3 is 21.1 Å². The number of benzene rings is 1. The summed E-state index contributed by atoms with van der Waals surface area (Å²) in [6, 6.07) is 5.95. The highest BCUT2D eigenvalue weighted by Crippen LogP contribution is 2.10. The van der Waals surface area contributed by atoms with Crippen LogP contribution in [-0.2, 0) is 19.1 Å². The van der Waals surface area contributed by atoms with Gasteiger partial charge >= 0.3 is 5.97 Å². The summed E-state index contributed by atoms with van der Waals surface area (Å²) in [5, 5.41) is 12.6. The number of amidine groups is 1. The van der Waals surface area contributed by atoms with E-state index in [1.807, 2.05) is 0 Å². The van der Waals surface area contributed by atoms with Gasteiger partial charge in [-0.05, 0) is 31.2 Å². The first-order valence-corrected chi connectivity index (χ1v) is 8.17. The van der Waals surface area contributed by atoms with E-state index in [0.29, 0.717) is 11.3 Å². The molecular weight excluding hydrogens is 336 g/mol. The molecule has 0 spiro atoms. The fraction of sp³-hybridized carbons (Fsp3) is 0.333. The fourth-order valence-corrected chi connectivity index (χ4v) is 2.06. The van der Waals surface area contributed by atoms with Crippen LogP contribution in [0.1, 0.15) is 31.7 Å². The zero-order valence-electron chi connectivity index (χ0n) is 14.7. The van der Waals surface area contributed by atoms with E-state index in [1.54, 1.807) is 31.2 Å². The third-order valence-corrected chi connectivity index (χ3v) is 3.38. The van der Waals surface area contributed by atoms with Crippen LogP contribution in [0.2, 0.25) is 0 Å². The first-order chi connectivity index (χ1) is 12.3. The Bertz CT molecular complexity index is 670. The number of rotatable bonds is 10. The van der Waals surface area contributed by atoms with Crippen molar-refractivity contribution < 1.29 is 19.1 Å². The first-order valence-electron chi connectivity index (χ1n) is 8.17. The predicted octanol–water partition coefficient (Wildman–Crippen LogP) is 1.31. The van der Waals surface area contributed by atoms with Crippen LogP contribution in [0.5, 0.6) is 0 Å². The Kier molecular flexibility index (Phi) is 8.56. The molecule has 0 unspecified atom stereocenters. The second-order valence-electron chi connectivity index (χ2n) is 5.46. The Hall–Kier alpha value is -3.16. The summed E-state index contributed by atoms with van der Waals surface area (Å²) in [6.07, 6.45) is 1.41. The summed E-state index contributed by atoms with van der Waals surface area (Å²) in [6.45, 7) is 5.54. The molecule has 1 atom stereocenters. The monoisotopic (exact) mass is 360 g/mol. The number of nitrogens with two attached hydrogens (primary N) is 1. The summed E-state index contributed by atoms with van der Waals surface area (Å²) >= 11 is 0. The standard InChI is InChI=1S/C18H24N4O4/c1-3-13(11-17(25)26-4-2)21-15(23)9-10-16(24)22-14-7-5-12(6-8-14)18(19)20/h3,5-8,13H,1,4,9-11H2,2H3,(H3,19,20)(H,21,23)(H,22,24)/t13-/m1/s1. The van der Waals surface area contributed by atoms with E-state index >= 15 is 0 Å². The summed E-state index contributed by atoms with van der Waals surface area (Å²) in [5.74, 6) is -1.17. The molecule has 0 aliphatic rings. The fourth-order valence-electron chi connectivity index (χ4n) is 2.06. The Balaban J connectivity index is 2.40. The molecule has 0 bridgehead atoms. The summed E-state index contributed by atoms with van der Waals surface area (Å²) in [4.78, 5) is 35.2. The van der Waals surface area contributed by atoms with E-state index in [1.165, 1.54) is 6.08 Å². The van der Waals surface area contributed by atoms with Crippen molar-refractivity contribution in [2.24, 2.45) is 5.73 Å². The topological polar surface area (TPSA) is 134 Å². The van der Waals surface area contributed by atoms with Gasteiger partial charge in [-0.2, -0.15) is 0 Å². The summed E-state index contributed by atoms with van der Waals surface area (Å²) < 4.78 is 4.82. The molecule has 0 saturated carbocycles. The minimum atomic E-state index is -0.538. The lowest BCUT2D eigenvalue weighted by Gasteiger charge is -2.14. The lowest BCUT2D eigenvalue weighted by atomic mass is 10.1. The number of carbonyl (C=O) groups excluding carboxylic acids is 3. The molecule has 2 amide bonds. The van der Waals surface area contributed by atoms with Crippen LogP contribution in [0.3, 0.4) is 0 Å². The molecule has 0 fully saturated rings. The largest absolute Gasteiger partial charge is 0.466 e. The maximum atomic E-state index is 11.9. The quantitative estimate of drug-likeness (QED) is 0.216. The van der Waals surface area contributed by atoms with Crippen LogP contribution >= 0.6 is 0 Å². The minimum absolute atomic E-state index is 0.00221. The van der Waals surface area contributed by atoms with Crippen molar-refractivity contribution in [1.29, 1.82) is 5.41 Å². The van der Waals surface area contributed by atoms with Gasteiger partial charge in [0, 0.05) is 24.1 Å². The lowest BCUT2D eigenvalue weighted by molar-refractivity contribution is -0.143. The number of amides is 2. The highest BCUT2D eigenvalue weighted by molar-refractivity contribution is 5.96. The van der Waals surface area contributed by atoms with Gasteiger partial charge in [-0.3, -0.25) is 19.8 Å². The van der Waals surface area contributed by atoms with Crippen LogP contribution in [-0.4, -0.2) is 36.3 Å². The number of anilines is 1. The van der Waals surface area contributed by atoms with Crippen molar-refractivity contribution in [3.8, 4) is 0 Å². The maximum Gasteiger partial charge on any atom is 0.308 e. The number of esters is 1. The highest BCUT2D eigenvalue weighted by Gasteiger charge is 2.15. The van der Waals surface area contributed by atoms with Crippen molar-refractivity contribution in [2.75, 3.05) is 11.9 Å². The molecule has 140 valence electrons. The molecule has 8 heteroatoms. The van der Waals surface area contributed by atoms with E-state index in [-0.39, 0.29) is 43.5 Å². The molecule has 0 saturated heterocycles. The van der Waals surface area contributed by atoms with Crippen molar-refractivity contribution >= 4 is 29.3 Å². The normalized spacial score (nSPS) is 11.1. The van der Waals surface area contributed by atoms with Gasteiger partial charge in [-0.25, -0.2) is 0 Å². The summed E-state index contributed by atoms with van der Waals surface area (Å²) in [5.41, 5.74) is 6.46. The van der Waals surface area contributed by atoms with Crippen LogP contribution in [0, 0.1) is 5.41 Å². The van der Waals surface area contributed by atoms with Gasteiger partial charge in [-0.1, -0.05) is 6.08 Å². The molecule has 1 aromatic rings. The van der Waals surface area contributed by atoms with Crippen LogP contribution in [0.15, 0.2) is 36.9 Å². The third kappa shape index (κ3) is 7.61. The maximum absolute atomic E-state index is 11.9. The van der Waals surface area contributed by atoms with Crippen LogP contribution in [0.4, 0.5) is 5.69 Å². The molecule has 0 radical (unpaired) electrons. The molecule has 8 nitrogen and oxygen atoms in total. The number of nitrogens with one attached hydrogen (secondary N) is 3. The number of hydrogen-bond donors (Lipinski definition) is 4. The van der Waals surface area contributed by atoms with Crippen molar-refractivity contribution in [3.05, 3.63) is 42.5 Å². The van der Waals surface area contributed by atoms with Gasteiger partial charge in [0.15, 0.2) is 0 Å². The Morgan fingerprint density at radius 3 is 2.38 bits per heavy atom. The molecule has 26 heavy (non-hydrogen) atoms. The van der Waals surface area contributed by atoms with Gasteiger partial charge in [0.05, 0.1) is 19.1 Å². The van der Waals surface area contributed by atoms with Crippen LogP contribution in [0.25, 0.3) is 0 Å². The van der Waals surface area contributed by atoms with Gasteiger partial charge in [0.1, 0.15) is 5.84 Å². The number of ether oxygens (including phenoxy) is 1. The zero-order chi connectivity index (χ0) is 19.5. The van der Waals surface area contributed by atoms with E-state index < -0.39 is 12.0 Å². The highest BCUT2D eigenvalue weighted by atomic mass is 16.5. The zero-order valence-corrected chi connectivity index (χ0v) is 14.7. The molecule has 5 N–H and O–H groups in total. The van der Waals surface area contributed by atoms with E-state index in [4.69, 9.17) is 15.9 Å². The molecule has 0 aromatic heterocycles. The molecule has 0 aliphatic heterocycles. The smallest absolute Gasteiger partial charge is 0.308 e. The van der Waals surface area contributed by atoms with Crippen molar-refractivity contribution in [3.63, 3.8) is 0 Å². The first kappa shape index (κ1) is 20.9. The molecular formula is C18H24N4O4. The second-order valence-corrected chi connectivity index (χ2v) is 5.46. The second kappa shape index (κ2) is 10.7. The van der Waals surface area contributed by atoms with E-state index in [0.717, 1.165) is 0 Å². The molecule has 0 heterocycles. The number of nitrogen functional groups attached to an aromatic ring is 1. The SMILES string of the molecule is C=C[C@H](CC(=O)OCC)NC(=O)CCC(=O)Nc1ccc(C(=N)N)cc1. The van der Waals surface area contributed by atoms with E-state index in [9.17, 15) is 14.4 Å².